The van der Waals surface area contributed by atoms with Gasteiger partial charge in [-0.2, -0.15) is 13.8 Å². The van der Waals surface area contributed by atoms with Crippen LogP contribution >= 0.6 is 0 Å². The summed E-state index contributed by atoms with van der Waals surface area (Å²) in [6.07, 6.45) is 0. The van der Waals surface area contributed by atoms with Gasteiger partial charge in [0.2, 0.25) is 0 Å². The number of carbonyl (C=O) groups is 1. The Labute approximate surface area is 110 Å². The minimum absolute atomic E-state index is 0.105. The summed E-state index contributed by atoms with van der Waals surface area (Å²) in [6, 6.07) is 6.41. The van der Waals surface area contributed by atoms with Crippen LogP contribution in [0.1, 0.15) is 18.5 Å². The Morgan fingerprint density at radius 1 is 1.37 bits per heavy atom. The lowest BCUT2D eigenvalue weighted by atomic mass is 10.0. The quantitative estimate of drug-likeness (QED) is 0.589. The standard InChI is InChI=1S/C13H17F2NO3/c1-4-19-12(17)13(14,15)11(16(2)18-3)10-8-6-5-7-9-10/h5-9,11H,4H2,1-3H3. The normalized spacial score (nSPS) is 13.4. The molecule has 6 heteroatoms. The average Bonchev–Trinajstić information content (AvgIpc) is 2.40. The Morgan fingerprint density at radius 3 is 2.42 bits per heavy atom. The van der Waals surface area contributed by atoms with Crippen LogP contribution in [0.3, 0.4) is 0 Å². The zero-order valence-electron chi connectivity index (χ0n) is 11.1. The summed E-state index contributed by atoms with van der Waals surface area (Å²) >= 11 is 0. The number of rotatable bonds is 6. The van der Waals surface area contributed by atoms with E-state index >= 15 is 0 Å². The van der Waals surface area contributed by atoms with Crippen molar-refractivity contribution in [3.8, 4) is 0 Å². The molecule has 0 aliphatic rings. The van der Waals surface area contributed by atoms with Crippen LogP contribution in [0.2, 0.25) is 0 Å². The number of hydrogen-bond acceptors (Lipinski definition) is 4. The number of hydroxylamine groups is 2. The highest BCUT2D eigenvalue weighted by molar-refractivity contribution is 5.78. The summed E-state index contributed by atoms with van der Waals surface area (Å²) in [7, 11) is 2.60. The topological polar surface area (TPSA) is 38.8 Å². The first-order chi connectivity index (χ1) is 8.95. The molecule has 1 rings (SSSR count). The second-order valence-corrected chi connectivity index (χ2v) is 3.89. The van der Waals surface area contributed by atoms with Crippen LogP contribution < -0.4 is 0 Å². The van der Waals surface area contributed by atoms with E-state index in [0.29, 0.717) is 0 Å². The number of alkyl halides is 2. The number of benzene rings is 1. The molecule has 1 aromatic rings. The van der Waals surface area contributed by atoms with Crippen LogP contribution in [-0.2, 0) is 14.4 Å². The van der Waals surface area contributed by atoms with Crippen molar-refractivity contribution in [2.24, 2.45) is 0 Å². The number of carbonyl (C=O) groups excluding carboxylic acids is 1. The molecule has 0 spiro atoms. The largest absolute Gasteiger partial charge is 0.462 e. The summed E-state index contributed by atoms with van der Waals surface area (Å²) < 4.78 is 32.8. The monoisotopic (exact) mass is 273 g/mol. The summed E-state index contributed by atoms with van der Waals surface area (Å²) in [4.78, 5) is 16.3. The Bertz CT molecular complexity index is 412. The van der Waals surface area contributed by atoms with E-state index in [1.807, 2.05) is 0 Å². The Hall–Kier alpha value is -1.53. The molecule has 0 aliphatic heterocycles. The van der Waals surface area contributed by atoms with Crippen molar-refractivity contribution < 1.29 is 23.1 Å². The Balaban J connectivity index is 3.14. The van der Waals surface area contributed by atoms with Gasteiger partial charge in [-0.3, -0.25) is 0 Å². The van der Waals surface area contributed by atoms with Crippen molar-refractivity contribution in [1.82, 2.24) is 5.06 Å². The van der Waals surface area contributed by atoms with Crippen LogP contribution in [0.25, 0.3) is 0 Å². The van der Waals surface area contributed by atoms with Crippen molar-refractivity contribution in [1.29, 1.82) is 0 Å². The second-order valence-electron chi connectivity index (χ2n) is 3.89. The maximum atomic E-state index is 14.2. The van der Waals surface area contributed by atoms with Gasteiger partial charge in [-0.15, -0.1) is 0 Å². The molecule has 0 aliphatic carbocycles. The molecule has 0 aromatic heterocycles. The van der Waals surface area contributed by atoms with Crippen LogP contribution in [0, 0.1) is 0 Å². The summed E-state index contributed by atoms with van der Waals surface area (Å²) in [5.74, 6) is -5.27. The molecule has 0 heterocycles. The molecule has 0 saturated heterocycles. The maximum Gasteiger partial charge on any atom is 0.379 e. The first-order valence-corrected chi connectivity index (χ1v) is 5.82. The van der Waals surface area contributed by atoms with E-state index in [0.717, 1.165) is 5.06 Å². The van der Waals surface area contributed by atoms with E-state index in [-0.39, 0.29) is 12.2 Å². The molecule has 0 radical (unpaired) electrons. The second kappa shape index (κ2) is 6.58. The maximum absolute atomic E-state index is 14.2. The van der Waals surface area contributed by atoms with Crippen molar-refractivity contribution in [3.63, 3.8) is 0 Å². The van der Waals surface area contributed by atoms with E-state index in [4.69, 9.17) is 4.84 Å². The molecule has 1 atom stereocenters. The molecule has 0 bridgehead atoms. The lowest BCUT2D eigenvalue weighted by molar-refractivity contribution is -0.223. The molecule has 0 N–H and O–H groups in total. The predicted molar refractivity (Wildman–Crippen MR) is 65.5 cm³/mol. The summed E-state index contributed by atoms with van der Waals surface area (Å²) in [5.41, 5.74) is 0.268. The number of halogens is 2. The van der Waals surface area contributed by atoms with Crippen LogP contribution in [0.15, 0.2) is 30.3 Å². The van der Waals surface area contributed by atoms with Gasteiger partial charge in [0.05, 0.1) is 13.7 Å². The minimum Gasteiger partial charge on any atom is -0.462 e. The van der Waals surface area contributed by atoms with Crippen LogP contribution in [0.4, 0.5) is 8.78 Å². The smallest absolute Gasteiger partial charge is 0.379 e. The highest BCUT2D eigenvalue weighted by atomic mass is 19.3. The third kappa shape index (κ3) is 3.48. The fourth-order valence-corrected chi connectivity index (χ4v) is 1.73. The molecule has 0 amide bonds. The molecule has 1 unspecified atom stereocenters. The minimum atomic E-state index is -3.71. The van der Waals surface area contributed by atoms with E-state index < -0.39 is 17.9 Å². The first kappa shape index (κ1) is 15.5. The zero-order chi connectivity index (χ0) is 14.5. The van der Waals surface area contributed by atoms with E-state index in [2.05, 4.69) is 4.74 Å². The summed E-state index contributed by atoms with van der Waals surface area (Å²) in [5, 5.41) is 0.937. The van der Waals surface area contributed by atoms with Crippen molar-refractivity contribution in [2.45, 2.75) is 18.9 Å². The number of hydrogen-bond donors (Lipinski definition) is 0. The zero-order valence-corrected chi connectivity index (χ0v) is 11.1. The molecule has 106 valence electrons. The Kier molecular flexibility index (Phi) is 5.38. The van der Waals surface area contributed by atoms with Gasteiger partial charge < -0.3 is 9.57 Å². The van der Waals surface area contributed by atoms with Gasteiger partial charge >= 0.3 is 11.9 Å². The first-order valence-electron chi connectivity index (χ1n) is 5.82. The lowest BCUT2D eigenvalue weighted by Crippen LogP contribution is -2.44. The average molecular weight is 273 g/mol. The van der Waals surface area contributed by atoms with Crippen LogP contribution in [-0.4, -0.2) is 37.7 Å². The number of ether oxygens (including phenoxy) is 1. The van der Waals surface area contributed by atoms with Gasteiger partial charge in [0.15, 0.2) is 0 Å². The molecule has 19 heavy (non-hydrogen) atoms. The van der Waals surface area contributed by atoms with Crippen molar-refractivity contribution in [2.75, 3.05) is 20.8 Å². The Morgan fingerprint density at radius 2 is 1.95 bits per heavy atom. The third-order valence-electron chi connectivity index (χ3n) is 2.66. The van der Waals surface area contributed by atoms with E-state index in [1.165, 1.54) is 33.2 Å². The van der Waals surface area contributed by atoms with E-state index in [9.17, 15) is 13.6 Å². The lowest BCUT2D eigenvalue weighted by Gasteiger charge is -2.31. The third-order valence-corrected chi connectivity index (χ3v) is 2.66. The highest BCUT2D eigenvalue weighted by Crippen LogP contribution is 2.36. The van der Waals surface area contributed by atoms with Crippen molar-refractivity contribution in [3.05, 3.63) is 35.9 Å². The molecule has 1 aromatic carbocycles. The molecule has 4 nitrogen and oxygen atoms in total. The van der Waals surface area contributed by atoms with Gasteiger partial charge in [0.1, 0.15) is 6.04 Å². The molecule has 0 fully saturated rings. The van der Waals surface area contributed by atoms with Gasteiger partial charge in [-0.25, -0.2) is 4.79 Å². The van der Waals surface area contributed by atoms with Gasteiger partial charge in [0.25, 0.3) is 0 Å². The SMILES string of the molecule is CCOC(=O)C(F)(F)C(c1ccccc1)N(C)OC. The number of esters is 1. The predicted octanol–water partition coefficient (Wildman–Crippen LogP) is 2.42. The molecular formula is C13H17F2NO3. The van der Waals surface area contributed by atoms with Gasteiger partial charge in [-0.1, -0.05) is 30.3 Å². The van der Waals surface area contributed by atoms with Gasteiger partial charge in [-0.05, 0) is 12.5 Å². The fraction of sp³-hybridized carbons (Fsp3) is 0.462. The van der Waals surface area contributed by atoms with Crippen LogP contribution in [0.5, 0.6) is 0 Å². The fourth-order valence-electron chi connectivity index (χ4n) is 1.73. The number of nitrogens with zero attached hydrogens (tertiary/aromatic N) is 1. The van der Waals surface area contributed by atoms with E-state index in [1.54, 1.807) is 18.2 Å². The molecule has 0 saturated carbocycles. The summed E-state index contributed by atoms with van der Waals surface area (Å²) in [6.45, 7) is 1.37. The molecular weight excluding hydrogens is 256 g/mol. The van der Waals surface area contributed by atoms with Crippen molar-refractivity contribution >= 4 is 5.97 Å². The highest BCUT2D eigenvalue weighted by Gasteiger charge is 2.52. The van der Waals surface area contributed by atoms with Gasteiger partial charge in [0, 0.05) is 7.05 Å².